The highest BCUT2D eigenvalue weighted by molar-refractivity contribution is 7.92. The van der Waals surface area contributed by atoms with E-state index in [0.717, 1.165) is 42.8 Å². The Morgan fingerprint density at radius 2 is 1.84 bits per heavy atom. The molecule has 8 nitrogen and oxygen atoms in total. The Hall–Kier alpha value is -2.75. The second kappa shape index (κ2) is 12.7. The number of benzene rings is 2. The minimum atomic E-state index is -3.48. The molecule has 1 fully saturated rings. The highest BCUT2D eigenvalue weighted by Crippen LogP contribution is 2.38. The van der Waals surface area contributed by atoms with Crippen LogP contribution in [0.25, 0.3) is 6.08 Å². The minimum absolute atomic E-state index is 0. The Balaban J connectivity index is 0.00000241. The maximum Gasteiger partial charge on any atom is 0.235 e. The van der Waals surface area contributed by atoms with Gasteiger partial charge in [0.05, 0.1) is 23.3 Å². The number of likely N-dealkylation sites (tertiary alicyclic amines) is 1. The third-order valence-electron chi connectivity index (χ3n) is 6.61. The number of hydrogen-bond acceptors (Lipinski definition) is 5. The van der Waals surface area contributed by atoms with E-state index in [0.29, 0.717) is 23.5 Å². The molecule has 1 atom stereocenters. The summed E-state index contributed by atoms with van der Waals surface area (Å²) < 4.78 is 33.8. The monoisotopic (exact) mass is 567 g/mol. The summed E-state index contributed by atoms with van der Waals surface area (Å²) in [6.45, 7) is 5.09. The largest absolute Gasteiger partial charge is 0.490 e. The van der Waals surface area contributed by atoms with Crippen molar-refractivity contribution in [3.63, 3.8) is 0 Å². The first-order valence-corrected chi connectivity index (χ1v) is 13.5. The average Bonchev–Trinajstić information content (AvgIpc) is 3.21. The lowest BCUT2D eigenvalue weighted by Crippen LogP contribution is -2.40. The fourth-order valence-electron chi connectivity index (χ4n) is 4.68. The third-order valence-corrected chi connectivity index (χ3v) is 8.41. The first kappa shape index (κ1) is 30.5. The zero-order valence-electron chi connectivity index (χ0n) is 21.0. The third kappa shape index (κ3) is 6.97. The number of piperidine rings is 1. The van der Waals surface area contributed by atoms with E-state index < -0.39 is 10.0 Å². The highest BCUT2D eigenvalue weighted by Gasteiger charge is 2.35. The van der Waals surface area contributed by atoms with E-state index in [1.807, 2.05) is 55.5 Å². The molecule has 0 spiro atoms. The van der Waals surface area contributed by atoms with Crippen LogP contribution in [0.15, 0.2) is 48.5 Å². The topological polar surface area (TPSA) is 124 Å². The summed E-state index contributed by atoms with van der Waals surface area (Å²) in [5.41, 5.74) is 8.73. The molecule has 0 amide bonds. The van der Waals surface area contributed by atoms with Crippen LogP contribution in [-0.4, -0.2) is 56.0 Å². The van der Waals surface area contributed by atoms with Crippen molar-refractivity contribution in [3.05, 3.63) is 65.2 Å². The number of hydrogen-bond donors (Lipinski definition) is 3. The predicted molar refractivity (Wildman–Crippen MR) is 155 cm³/mol. The number of nitrogens with two attached hydrogens (primary N) is 1. The Labute approximate surface area is 231 Å². The van der Waals surface area contributed by atoms with Crippen LogP contribution in [0, 0.1) is 10.8 Å². The maximum absolute atomic E-state index is 13.0. The smallest absolute Gasteiger partial charge is 0.235 e. The number of sulfonamides is 1. The molecule has 2 aliphatic heterocycles. The summed E-state index contributed by atoms with van der Waals surface area (Å²) in [7, 11) is -3.48. The molecule has 37 heavy (non-hydrogen) atoms. The standard InChI is InChI=1S/C26H33N5O3S.2ClH/c1-3-35(32,33)31-22(8-7-19-5-4-6-20(15-19)26(28)29)16-21-17-24(9-10-25(21)31)34-23-11-13-30(14-12-23)18(2)27;;/h4-10,15,17,22-23,27H,3,11-14,16H2,1-2H3,(H3,28,29);2*1H/b8-7+,27-18?;;. The van der Waals surface area contributed by atoms with Gasteiger partial charge in [0.15, 0.2) is 0 Å². The van der Waals surface area contributed by atoms with Gasteiger partial charge in [-0.05, 0) is 55.7 Å². The van der Waals surface area contributed by atoms with Gasteiger partial charge in [0.25, 0.3) is 0 Å². The van der Waals surface area contributed by atoms with E-state index in [2.05, 4.69) is 4.90 Å². The zero-order chi connectivity index (χ0) is 25.2. The number of ether oxygens (including phenoxy) is 1. The molecule has 1 unspecified atom stereocenters. The van der Waals surface area contributed by atoms with Crippen molar-refractivity contribution >= 4 is 58.3 Å². The van der Waals surface area contributed by atoms with Crippen LogP contribution in [0.3, 0.4) is 0 Å². The number of halogens is 2. The lowest BCUT2D eigenvalue weighted by molar-refractivity contribution is 0.130. The van der Waals surface area contributed by atoms with E-state index in [1.54, 1.807) is 13.0 Å². The van der Waals surface area contributed by atoms with E-state index in [1.165, 1.54) is 4.31 Å². The lowest BCUT2D eigenvalue weighted by Gasteiger charge is -2.32. The Morgan fingerprint density at radius 1 is 1.14 bits per heavy atom. The number of rotatable bonds is 7. The Kier molecular flexibility index (Phi) is 10.4. The van der Waals surface area contributed by atoms with Gasteiger partial charge in [-0.25, -0.2) is 8.42 Å². The van der Waals surface area contributed by atoms with Gasteiger partial charge in [-0.1, -0.05) is 30.4 Å². The van der Waals surface area contributed by atoms with Crippen LogP contribution in [0.2, 0.25) is 0 Å². The molecule has 2 aliphatic rings. The van der Waals surface area contributed by atoms with Gasteiger partial charge < -0.3 is 15.4 Å². The number of nitrogens with one attached hydrogen (secondary N) is 2. The van der Waals surface area contributed by atoms with Crippen molar-refractivity contribution in [3.8, 4) is 5.75 Å². The fraction of sp³-hybridized carbons (Fsp3) is 0.385. The Bertz CT molecular complexity index is 1260. The number of amidine groups is 2. The molecule has 2 aromatic rings. The summed E-state index contributed by atoms with van der Waals surface area (Å²) in [5, 5.41) is 15.4. The quantitative estimate of drug-likeness (QED) is 0.337. The number of nitrogens with zero attached hydrogens (tertiary/aromatic N) is 2. The van der Waals surface area contributed by atoms with Crippen LogP contribution < -0.4 is 14.8 Å². The Morgan fingerprint density at radius 3 is 2.46 bits per heavy atom. The molecule has 2 aromatic carbocycles. The second-order valence-electron chi connectivity index (χ2n) is 9.05. The van der Waals surface area contributed by atoms with E-state index in [4.69, 9.17) is 21.3 Å². The summed E-state index contributed by atoms with van der Waals surface area (Å²) >= 11 is 0. The second-order valence-corrected chi connectivity index (χ2v) is 11.2. The molecular formula is C26H35Cl2N5O3S. The van der Waals surface area contributed by atoms with Gasteiger partial charge in [-0.15, -0.1) is 24.8 Å². The number of anilines is 1. The summed E-state index contributed by atoms with van der Waals surface area (Å²) in [5.74, 6) is 1.35. The molecule has 1 saturated heterocycles. The van der Waals surface area contributed by atoms with Gasteiger partial charge in [-0.3, -0.25) is 15.1 Å². The summed E-state index contributed by atoms with van der Waals surface area (Å²) in [6.07, 6.45) is 6.15. The minimum Gasteiger partial charge on any atom is -0.490 e. The molecule has 0 aromatic heterocycles. The highest BCUT2D eigenvalue weighted by atomic mass is 35.5. The summed E-state index contributed by atoms with van der Waals surface area (Å²) in [6, 6.07) is 12.6. The van der Waals surface area contributed by atoms with E-state index in [9.17, 15) is 8.42 Å². The van der Waals surface area contributed by atoms with Crippen molar-refractivity contribution in [1.29, 1.82) is 10.8 Å². The van der Waals surface area contributed by atoms with Crippen molar-refractivity contribution in [2.45, 2.75) is 45.3 Å². The molecule has 202 valence electrons. The van der Waals surface area contributed by atoms with Gasteiger partial charge in [-0.2, -0.15) is 0 Å². The predicted octanol–water partition coefficient (Wildman–Crippen LogP) is 4.45. The van der Waals surface area contributed by atoms with Gasteiger partial charge in [0.1, 0.15) is 17.7 Å². The first-order chi connectivity index (χ1) is 16.7. The van der Waals surface area contributed by atoms with Crippen molar-refractivity contribution in [2.75, 3.05) is 23.1 Å². The molecule has 2 heterocycles. The number of nitrogen functional groups attached to an aromatic ring is 1. The summed E-state index contributed by atoms with van der Waals surface area (Å²) in [4.78, 5) is 2.05. The number of fused-ring (bicyclic) bond motifs is 1. The first-order valence-electron chi connectivity index (χ1n) is 11.9. The van der Waals surface area contributed by atoms with Crippen LogP contribution in [-0.2, 0) is 16.4 Å². The van der Waals surface area contributed by atoms with Crippen LogP contribution >= 0.6 is 24.8 Å². The van der Waals surface area contributed by atoms with Crippen LogP contribution in [0.5, 0.6) is 5.75 Å². The molecular weight excluding hydrogens is 533 g/mol. The normalized spacial score (nSPS) is 17.6. The van der Waals surface area contributed by atoms with Gasteiger partial charge >= 0.3 is 0 Å². The molecule has 0 radical (unpaired) electrons. The molecule has 0 bridgehead atoms. The van der Waals surface area contributed by atoms with E-state index >= 15 is 0 Å². The van der Waals surface area contributed by atoms with Crippen LogP contribution in [0.4, 0.5) is 5.69 Å². The van der Waals surface area contributed by atoms with E-state index in [-0.39, 0.29) is 48.5 Å². The fourth-order valence-corrected chi connectivity index (χ4v) is 5.99. The lowest BCUT2D eigenvalue weighted by atomic mass is 10.1. The zero-order valence-corrected chi connectivity index (χ0v) is 23.5. The average molecular weight is 569 g/mol. The van der Waals surface area contributed by atoms with Crippen molar-refractivity contribution in [2.24, 2.45) is 5.73 Å². The molecule has 0 aliphatic carbocycles. The van der Waals surface area contributed by atoms with Gasteiger partial charge in [0, 0.05) is 31.5 Å². The van der Waals surface area contributed by atoms with Crippen molar-refractivity contribution in [1.82, 2.24) is 4.90 Å². The molecule has 0 saturated carbocycles. The van der Waals surface area contributed by atoms with Crippen molar-refractivity contribution < 1.29 is 13.2 Å². The molecule has 4 rings (SSSR count). The van der Waals surface area contributed by atoms with Gasteiger partial charge in [0.2, 0.25) is 10.0 Å². The molecule has 4 N–H and O–H groups in total. The SMILES string of the molecule is CCS(=O)(=O)N1c2ccc(OC3CCN(C(C)=N)CC3)cc2CC1/C=C/c1cccc(C(=N)N)c1.Cl.Cl. The van der Waals surface area contributed by atoms with Crippen LogP contribution in [0.1, 0.15) is 43.4 Å². The molecule has 11 heteroatoms. The maximum atomic E-state index is 13.0.